The quantitative estimate of drug-likeness (QED) is 0.327. The van der Waals surface area contributed by atoms with E-state index >= 15 is 0 Å². The molecule has 162 valence electrons. The van der Waals surface area contributed by atoms with Gasteiger partial charge >= 0.3 is 11.9 Å². The number of allylic oxidation sites excluding steroid dienone is 1. The third-order valence-electron chi connectivity index (χ3n) is 4.34. The molecule has 0 aliphatic heterocycles. The Labute approximate surface area is 184 Å². The van der Waals surface area contributed by atoms with Crippen LogP contribution in [0.1, 0.15) is 49.9 Å². The largest absolute Gasteiger partial charge is 0.496 e. The fourth-order valence-electron chi connectivity index (χ4n) is 2.92. The number of methoxy groups -OCH3 is 1. The van der Waals surface area contributed by atoms with Crippen molar-refractivity contribution < 1.29 is 28.6 Å². The van der Waals surface area contributed by atoms with Gasteiger partial charge in [0.2, 0.25) is 0 Å². The van der Waals surface area contributed by atoms with Gasteiger partial charge in [-0.1, -0.05) is 18.2 Å². The molecule has 0 bridgehead atoms. The molecule has 0 saturated heterocycles. The Hall–Kier alpha value is -3.44. The Kier molecular flexibility index (Phi) is 8.53. The molecule has 1 heterocycles. The number of rotatable bonds is 9. The summed E-state index contributed by atoms with van der Waals surface area (Å²) in [6, 6.07) is 8.90. The summed E-state index contributed by atoms with van der Waals surface area (Å²) in [7, 11) is 1.50. The van der Waals surface area contributed by atoms with Gasteiger partial charge in [-0.25, -0.2) is 9.59 Å². The lowest BCUT2D eigenvalue weighted by atomic mass is 10.0. The van der Waals surface area contributed by atoms with E-state index in [-0.39, 0.29) is 35.6 Å². The number of hydrogen-bond acceptors (Lipinski definition) is 8. The summed E-state index contributed by atoms with van der Waals surface area (Å²) < 4.78 is 15.4. The van der Waals surface area contributed by atoms with Crippen molar-refractivity contribution in [3.05, 3.63) is 56.3 Å². The van der Waals surface area contributed by atoms with Gasteiger partial charge in [0.05, 0.1) is 31.5 Å². The van der Waals surface area contributed by atoms with E-state index in [0.717, 1.165) is 11.3 Å². The zero-order valence-electron chi connectivity index (χ0n) is 17.8. The van der Waals surface area contributed by atoms with E-state index in [0.29, 0.717) is 21.8 Å². The second-order valence-electron chi connectivity index (χ2n) is 6.31. The molecule has 31 heavy (non-hydrogen) atoms. The lowest BCUT2D eigenvalue weighted by Gasteiger charge is -2.06. The van der Waals surface area contributed by atoms with Crippen molar-refractivity contribution >= 4 is 35.1 Å². The minimum absolute atomic E-state index is 0.0944. The molecule has 0 atom stereocenters. The lowest BCUT2D eigenvalue weighted by molar-refractivity contribution is -0.114. The maximum Gasteiger partial charge on any atom is 0.348 e. The summed E-state index contributed by atoms with van der Waals surface area (Å²) in [6.45, 7) is 5.28. The second kappa shape index (κ2) is 11.1. The van der Waals surface area contributed by atoms with Gasteiger partial charge in [-0.15, -0.1) is 11.3 Å². The highest BCUT2D eigenvalue weighted by Gasteiger charge is 2.28. The van der Waals surface area contributed by atoms with Gasteiger partial charge in [0.1, 0.15) is 16.7 Å². The number of esters is 2. The predicted octanol–water partition coefficient (Wildman–Crippen LogP) is 4.14. The average molecular weight is 442 g/mol. The lowest BCUT2D eigenvalue weighted by Crippen LogP contribution is -2.12. The number of nitrogens with zero attached hydrogens (tertiary/aromatic N) is 1. The smallest absolute Gasteiger partial charge is 0.348 e. The van der Waals surface area contributed by atoms with E-state index in [2.05, 4.69) is 0 Å². The molecule has 0 aliphatic rings. The van der Waals surface area contributed by atoms with Crippen LogP contribution in [-0.4, -0.2) is 38.0 Å². The van der Waals surface area contributed by atoms with E-state index in [9.17, 15) is 19.6 Å². The Balaban J connectivity index is 2.45. The molecule has 0 aliphatic carbocycles. The van der Waals surface area contributed by atoms with Crippen molar-refractivity contribution in [3.63, 3.8) is 0 Å². The third-order valence-corrected chi connectivity index (χ3v) is 5.61. The van der Waals surface area contributed by atoms with Crippen LogP contribution in [0.25, 0.3) is 6.08 Å². The van der Waals surface area contributed by atoms with Crippen LogP contribution < -0.4 is 4.74 Å². The fourth-order valence-corrected chi connectivity index (χ4v) is 4.10. The van der Waals surface area contributed by atoms with Crippen LogP contribution in [-0.2, 0) is 20.7 Å². The van der Waals surface area contributed by atoms with Crippen molar-refractivity contribution in [1.29, 1.82) is 5.26 Å². The Morgan fingerprint density at radius 1 is 1.10 bits per heavy atom. The summed E-state index contributed by atoms with van der Waals surface area (Å²) in [5.41, 5.74) is 1.05. The van der Waals surface area contributed by atoms with E-state index in [1.165, 1.54) is 13.2 Å². The molecule has 1 aromatic heterocycles. The minimum Gasteiger partial charge on any atom is -0.496 e. The number of thiophene rings is 1. The fraction of sp³-hybridized carbons (Fsp3) is 0.304. The topological polar surface area (TPSA) is 103 Å². The summed E-state index contributed by atoms with van der Waals surface area (Å²) >= 11 is 1.00. The Morgan fingerprint density at radius 2 is 1.74 bits per heavy atom. The first-order valence-electron chi connectivity index (χ1n) is 9.62. The first kappa shape index (κ1) is 23.8. The molecule has 2 aromatic rings. The number of nitriles is 1. The molecule has 0 saturated carbocycles. The summed E-state index contributed by atoms with van der Waals surface area (Å²) in [5.74, 6) is -1.16. The zero-order valence-corrected chi connectivity index (χ0v) is 18.6. The molecule has 0 N–H and O–H groups in total. The zero-order chi connectivity index (χ0) is 23.0. The number of para-hydroxylation sites is 1. The van der Waals surface area contributed by atoms with Crippen LogP contribution in [0.3, 0.4) is 0 Å². The van der Waals surface area contributed by atoms with E-state index < -0.39 is 17.7 Å². The summed E-state index contributed by atoms with van der Waals surface area (Å²) in [4.78, 5) is 38.3. The molecule has 7 nitrogen and oxygen atoms in total. The number of ether oxygens (including phenoxy) is 3. The molecule has 0 radical (unpaired) electrons. The van der Waals surface area contributed by atoms with Gasteiger partial charge in [0.15, 0.2) is 5.78 Å². The van der Waals surface area contributed by atoms with Crippen molar-refractivity contribution in [3.8, 4) is 11.8 Å². The van der Waals surface area contributed by atoms with Gasteiger partial charge in [0, 0.05) is 16.9 Å². The SMILES string of the molecule is CCOC(=O)c1sc(CC(=O)/C(C#N)=C/c2ccccc2OC)c(C(=O)OCC)c1C. The van der Waals surface area contributed by atoms with E-state index in [1.807, 2.05) is 6.07 Å². The maximum atomic E-state index is 12.9. The number of Topliss-reactive ketones (excluding diaryl/α,β-unsaturated/α-hetero) is 1. The number of ketones is 1. The third kappa shape index (κ3) is 5.58. The van der Waals surface area contributed by atoms with E-state index in [4.69, 9.17) is 14.2 Å². The van der Waals surface area contributed by atoms with Crippen LogP contribution in [0.2, 0.25) is 0 Å². The molecule has 2 rings (SSSR count). The van der Waals surface area contributed by atoms with Crippen molar-refractivity contribution in [2.45, 2.75) is 27.2 Å². The summed E-state index contributed by atoms with van der Waals surface area (Å²) in [6.07, 6.45) is 1.21. The van der Waals surface area contributed by atoms with Crippen molar-refractivity contribution in [2.24, 2.45) is 0 Å². The van der Waals surface area contributed by atoms with E-state index in [1.54, 1.807) is 45.0 Å². The Bertz CT molecular complexity index is 1060. The molecular weight excluding hydrogens is 418 g/mol. The first-order chi connectivity index (χ1) is 14.9. The molecule has 1 aromatic carbocycles. The molecule has 0 amide bonds. The number of benzene rings is 1. The predicted molar refractivity (Wildman–Crippen MR) is 116 cm³/mol. The highest BCUT2D eigenvalue weighted by Crippen LogP contribution is 2.31. The highest BCUT2D eigenvalue weighted by atomic mass is 32.1. The summed E-state index contributed by atoms with van der Waals surface area (Å²) in [5, 5.41) is 9.54. The minimum atomic E-state index is -0.623. The molecule has 0 unspecified atom stereocenters. The second-order valence-corrected chi connectivity index (χ2v) is 7.41. The van der Waals surface area contributed by atoms with Crippen LogP contribution in [0.5, 0.6) is 5.75 Å². The average Bonchev–Trinajstić information content (AvgIpc) is 3.08. The maximum absolute atomic E-state index is 12.9. The van der Waals surface area contributed by atoms with Crippen LogP contribution >= 0.6 is 11.3 Å². The Morgan fingerprint density at radius 3 is 2.35 bits per heavy atom. The molecule has 0 spiro atoms. The molecule has 0 fully saturated rings. The normalized spacial score (nSPS) is 10.9. The highest BCUT2D eigenvalue weighted by molar-refractivity contribution is 7.14. The number of carbonyl (C=O) groups excluding carboxylic acids is 3. The molecule has 8 heteroatoms. The molecular formula is C23H23NO6S. The number of hydrogen-bond donors (Lipinski definition) is 0. The standard InChI is InChI=1S/C23H23NO6S/c1-5-29-22(26)20-14(3)21(23(27)30-6-2)31-19(20)12-17(25)16(13-24)11-15-9-7-8-10-18(15)28-4/h7-11H,5-6,12H2,1-4H3/b16-11+. The van der Waals surface area contributed by atoms with Crippen LogP contribution in [0, 0.1) is 18.3 Å². The van der Waals surface area contributed by atoms with Gasteiger partial charge in [-0.2, -0.15) is 5.26 Å². The van der Waals surface area contributed by atoms with Crippen molar-refractivity contribution in [2.75, 3.05) is 20.3 Å². The van der Waals surface area contributed by atoms with Gasteiger partial charge < -0.3 is 14.2 Å². The van der Waals surface area contributed by atoms with Crippen LogP contribution in [0.4, 0.5) is 0 Å². The van der Waals surface area contributed by atoms with Crippen LogP contribution in [0.15, 0.2) is 29.8 Å². The monoisotopic (exact) mass is 441 g/mol. The van der Waals surface area contributed by atoms with Crippen molar-refractivity contribution in [1.82, 2.24) is 0 Å². The van der Waals surface area contributed by atoms with Gasteiger partial charge in [-0.05, 0) is 38.5 Å². The number of carbonyl (C=O) groups is 3. The van der Waals surface area contributed by atoms with Gasteiger partial charge in [-0.3, -0.25) is 4.79 Å². The first-order valence-corrected chi connectivity index (χ1v) is 10.4. The van der Waals surface area contributed by atoms with Gasteiger partial charge in [0.25, 0.3) is 0 Å².